The predicted molar refractivity (Wildman–Crippen MR) is 61.5 cm³/mol. The van der Waals surface area contributed by atoms with Gasteiger partial charge in [0.05, 0.1) is 4.92 Å². The maximum atomic E-state index is 12.4. The molecule has 0 bridgehead atoms. The molecule has 8 heteroatoms. The minimum atomic E-state index is -4.68. The van der Waals surface area contributed by atoms with Gasteiger partial charge in [0, 0.05) is 10.5 Å². The van der Waals surface area contributed by atoms with Gasteiger partial charge in [-0.25, -0.2) is 0 Å². The van der Waals surface area contributed by atoms with Crippen LogP contribution < -0.4 is 4.74 Å². The third-order valence-corrected chi connectivity index (χ3v) is 2.40. The summed E-state index contributed by atoms with van der Waals surface area (Å²) in [6.45, 7) is 2.99. The number of halogens is 4. The molecule has 1 rings (SSSR count). The van der Waals surface area contributed by atoms with E-state index in [-0.39, 0.29) is 0 Å². The van der Waals surface area contributed by atoms with Crippen LogP contribution in [0.3, 0.4) is 0 Å². The van der Waals surface area contributed by atoms with Crippen LogP contribution in [0.25, 0.3) is 0 Å². The standard InChI is InChI=1S/C10H7BrF3NO3/c1-2-9(10(12,13)14)18-8-4-3-6(11)5-7(8)15(16)17/h2-5,9H,1H2. The summed E-state index contributed by atoms with van der Waals surface area (Å²) in [5.41, 5.74) is -0.555. The van der Waals surface area contributed by atoms with E-state index >= 15 is 0 Å². The van der Waals surface area contributed by atoms with Gasteiger partial charge in [0.2, 0.25) is 6.10 Å². The van der Waals surface area contributed by atoms with Gasteiger partial charge < -0.3 is 4.74 Å². The Hall–Kier alpha value is -1.57. The molecule has 0 aliphatic rings. The van der Waals surface area contributed by atoms with E-state index in [0.29, 0.717) is 10.5 Å². The lowest BCUT2D eigenvalue weighted by Gasteiger charge is -2.18. The number of benzene rings is 1. The molecule has 0 N–H and O–H groups in total. The Morgan fingerprint density at radius 2 is 2.11 bits per heavy atom. The van der Waals surface area contributed by atoms with Crippen molar-refractivity contribution in [1.29, 1.82) is 0 Å². The molecule has 0 fully saturated rings. The second-order valence-corrected chi connectivity index (χ2v) is 4.10. The third-order valence-electron chi connectivity index (χ3n) is 1.91. The molecule has 1 atom stereocenters. The molecule has 0 saturated carbocycles. The first-order chi connectivity index (χ1) is 8.25. The highest BCUT2D eigenvalue weighted by molar-refractivity contribution is 9.10. The van der Waals surface area contributed by atoms with Crippen molar-refractivity contribution < 1.29 is 22.8 Å². The number of rotatable bonds is 4. The Labute approximate surface area is 108 Å². The van der Waals surface area contributed by atoms with E-state index in [4.69, 9.17) is 0 Å². The van der Waals surface area contributed by atoms with Crippen LogP contribution in [0.2, 0.25) is 0 Å². The zero-order valence-electron chi connectivity index (χ0n) is 8.78. The van der Waals surface area contributed by atoms with Gasteiger partial charge in [0.25, 0.3) is 0 Å². The summed E-state index contributed by atoms with van der Waals surface area (Å²) in [7, 11) is 0. The quantitative estimate of drug-likeness (QED) is 0.480. The van der Waals surface area contributed by atoms with E-state index in [1.807, 2.05) is 0 Å². The molecule has 1 unspecified atom stereocenters. The molecule has 0 aliphatic heterocycles. The second-order valence-electron chi connectivity index (χ2n) is 3.18. The van der Waals surface area contributed by atoms with Gasteiger partial charge in [-0.3, -0.25) is 10.1 Å². The highest BCUT2D eigenvalue weighted by Crippen LogP contribution is 2.33. The highest BCUT2D eigenvalue weighted by atomic mass is 79.9. The molecule has 0 saturated heterocycles. The summed E-state index contributed by atoms with van der Waals surface area (Å²) < 4.78 is 42.3. The Morgan fingerprint density at radius 1 is 1.50 bits per heavy atom. The third kappa shape index (κ3) is 3.46. The summed E-state index contributed by atoms with van der Waals surface area (Å²) in [4.78, 5) is 9.87. The van der Waals surface area contributed by atoms with Crippen molar-refractivity contribution >= 4 is 21.6 Å². The van der Waals surface area contributed by atoms with Crippen molar-refractivity contribution in [2.75, 3.05) is 0 Å². The van der Waals surface area contributed by atoms with Crippen LogP contribution in [0.1, 0.15) is 0 Å². The lowest BCUT2D eigenvalue weighted by atomic mass is 10.3. The Morgan fingerprint density at radius 3 is 2.56 bits per heavy atom. The molecule has 1 aromatic carbocycles. The number of ether oxygens (including phenoxy) is 1. The fourth-order valence-electron chi connectivity index (χ4n) is 1.12. The average Bonchev–Trinajstić information content (AvgIpc) is 2.25. The highest BCUT2D eigenvalue weighted by Gasteiger charge is 2.40. The number of nitrogens with zero attached hydrogens (tertiary/aromatic N) is 1. The predicted octanol–water partition coefficient (Wildman–Crippen LogP) is 3.85. The first-order valence-corrected chi connectivity index (χ1v) is 5.35. The molecule has 98 valence electrons. The summed E-state index contributed by atoms with van der Waals surface area (Å²) in [6.07, 6.45) is -6.44. The number of nitro groups is 1. The monoisotopic (exact) mass is 325 g/mol. The number of nitro benzene ring substituents is 1. The summed E-state index contributed by atoms with van der Waals surface area (Å²) >= 11 is 2.99. The lowest BCUT2D eigenvalue weighted by molar-refractivity contribution is -0.386. The van der Waals surface area contributed by atoms with Crippen LogP contribution in [0.15, 0.2) is 35.3 Å². The van der Waals surface area contributed by atoms with E-state index < -0.39 is 28.6 Å². The summed E-state index contributed by atoms with van der Waals surface area (Å²) in [5, 5.41) is 10.7. The SMILES string of the molecule is C=CC(Oc1ccc(Br)cc1[N+](=O)[O-])C(F)(F)F. The van der Waals surface area contributed by atoms with Crippen LogP contribution in [0, 0.1) is 10.1 Å². The van der Waals surface area contributed by atoms with Gasteiger partial charge >= 0.3 is 11.9 Å². The van der Waals surface area contributed by atoms with E-state index in [1.54, 1.807) is 0 Å². The summed E-state index contributed by atoms with van der Waals surface area (Å²) in [6, 6.07) is 3.50. The second kappa shape index (κ2) is 5.38. The fourth-order valence-corrected chi connectivity index (χ4v) is 1.47. The van der Waals surface area contributed by atoms with E-state index in [1.165, 1.54) is 6.07 Å². The summed E-state index contributed by atoms with van der Waals surface area (Å²) in [5.74, 6) is -0.467. The van der Waals surface area contributed by atoms with Gasteiger partial charge in [0.15, 0.2) is 5.75 Å². The van der Waals surface area contributed by atoms with Gasteiger partial charge in [-0.2, -0.15) is 13.2 Å². The van der Waals surface area contributed by atoms with Crippen molar-refractivity contribution in [3.63, 3.8) is 0 Å². The van der Waals surface area contributed by atoms with Crippen LogP contribution in [-0.2, 0) is 0 Å². The molecule has 0 amide bonds. The van der Waals surface area contributed by atoms with E-state index in [2.05, 4.69) is 27.2 Å². The van der Waals surface area contributed by atoms with Crippen LogP contribution in [-0.4, -0.2) is 17.2 Å². The minimum Gasteiger partial charge on any atom is -0.470 e. The number of hydrogen-bond donors (Lipinski definition) is 0. The van der Waals surface area contributed by atoms with Crippen LogP contribution in [0.4, 0.5) is 18.9 Å². The van der Waals surface area contributed by atoms with Crippen LogP contribution >= 0.6 is 15.9 Å². The Bertz CT molecular complexity index is 476. The molecule has 0 aromatic heterocycles. The van der Waals surface area contributed by atoms with Crippen molar-refractivity contribution in [1.82, 2.24) is 0 Å². The zero-order valence-corrected chi connectivity index (χ0v) is 10.4. The number of hydrogen-bond acceptors (Lipinski definition) is 3. The molecule has 4 nitrogen and oxygen atoms in total. The smallest absolute Gasteiger partial charge is 0.429 e. The molecule has 1 aromatic rings. The molecule has 0 heterocycles. The first-order valence-electron chi connectivity index (χ1n) is 4.55. The lowest BCUT2D eigenvalue weighted by Crippen LogP contribution is -2.32. The van der Waals surface area contributed by atoms with Gasteiger partial charge in [-0.15, -0.1) is 0 Å². The zero-order chi connectivity index (χ0) is 13.9. The molecular formula is C10H7BrF3NO3. The largest absolute Gasteiger partial charge is 0.470 e. The first kappa shape index (κ1) is 14.5. The van der Waals surface area contributed by atoms with Gasteiger partial charge in [-0.1, -0.05) is 22.5 Å². The fraction of sp³-hybridized carbons (Fsp3) is 0.200. The topological polar surface area (TPSA) is 52.4 Å². The maximum absolute atomic E-state index is 12.4. The average molecular weight is 326 g/mol. The van der Waals surface area contributed by atoms with Gasteiger partial charge in [0.1, 0.15) is 0 Å². The maximum Gasteiger partial charge on any atom is 0.429 e. The Kier molecular flexibility index (Phi) is 4.33. The molecule has 0 aliphatic carbocycles. The molecule has 18 heavy (non-hydrogen) atoms. The van der Waals surface area contributed by atoms with Crippen molar-refractivity contribution in [2.45, 2.75) is 12.3 Å². The molecular weight excluding hydrogens is 319 g/mol. The van der Waals surface area contributed by atoms with Crippen molar-refractivity contribution in [3.8, 4) is 5.75 Å². The number of alkyl halides is 3. The van der Waals surface area contributed by atoms with Gasteiger partial charge in [-0.05, 0) is 18.2 Å². The van der Waals surface area contributed by atoms with Crippen LogP contribution in [0.5, 0.6) is 5.75 Å². The normalized spacial score (nSPS) is 12.9. The molecule has 0 spiro atoms. The van der Waals surface area contributed by atoms with Crippen molar-refractivity contribution in [3.05, 3.63) is 45.4 Å². The Balaban J connectivity index is 3.10. The van der Waals surface area contributed by atoms with E-state index in [0.717, 1.165) is 12.1 Å². The van der Waals surface area contributed by atoms with E-state index in [9.17, 15) is 23.3 Å². The van der Waals surface area contributed by atoms with Crippen molar-refractivity contribution in [2.24, 2.45) is 0 Å². The minimum absolute atomic E-state index is 0.365. The molecule has 0 radical (unpaired) electrons.